The highest BCUT2D eigenvalue weighted by Crippen LogP contribution is 2.32. The van der Waals surface area contributed by atoms with E-state index in [1.54, 1.807) is 0 Å². The van der Waals surface area contributed by atoms with Crippen LogP contribution in [0.1, 0.15) is 10.4 Å². The van der Waals surface area contributed by atoms with Crippen molar-refractivity contribution in [2.45, 2.75) is 0 Å². The largest absolute Gasteiger partial charge is 0.478 e. The SMILES string of the molecule is O=C(O)c1ccc(Oc2cc(F)ccc2F)c(Br)c1. The Bertz CT molecular complexity index is 644. The van der Waals surface area contributed by atoms with E-state index in [4.69, 9.17) is 9.84 Å². The number of aromatic carboxylic acids is 1. The van der Waals surface area contributed by atoms with Crippen LogP contribution in [0.3, 0.4) is 0 Å². The summed E-state index contributed by atoms with van der Waals surface area (Å²) in [4.78, 5) is 10.8. The van der Waals surface area contributed by atoms with Crippen LogP contribution in [0, 0.1) is 11.6 Å². The van der Waals surface area contributed by atoms with Gasteiger partial charge in [-0.1, -0.05) is 0 Å². The van der Waals surface area contributed by atoms with Gasteiger partial charge in [0.1, 0.15) is 11.6 Å². The zero-order valence-electron chi connectivity index (χ0n) is 9.36. The third kappa shape index (κ3) is 3.08. The second kappa shape index (κ2) is 5.36. The normalized spacial score (nSPS) is 10.3. The molecule has 0 saturated heterocycles. The lowest BCUT2D eigenvalue weighted by atomic mass is 10.2. The highest BCUT2D eigenvalue weighted by atomic mass is 79.9. The van der Waals surface area contributed by atoms with E-state index in [1.807, 2.05) is 0 Å². The van der Waals surface area contributed by atoms with E-state index < -0.39 is 17.6 Å². The van der Waals surface area contributed by atoms with Crippen molar-refractivity contribution in [2.75, 3.05) is 0 Å². The molecule has 0 bridgehead atoms. The highest BCUT2D eigenvalue weighted by molar-refractivity contribution is 9.10. The maximum atomic E-state index is 13.4. The summed E-state index contributed by atoms with van der Waals surface area (Å²) in [5.41, 5.74) is 0.0546. The summed E-state index contributed by atoms with van der Waals surface area (Å²) in [5, 5.41) is 8.80. The fourth-order valence-corrected chi connectivity index (χ4v) is 1.85. The summed E-state index contributed by atoms with van der Waals surface area (Å²) >= 11 is 3.11. The first kappa shape index (κ1) is 13.5. The Morgan fingerprint density at radius 2 is 1.84 bits per heavy atom. The Morgan fingerprint density at radius 3 is 2.47 bits per heavy atom. The van der Waals surface area contributed by atoms with E-state index in [0.29, 0.717) is 4.47 Å². The minimum atomic E-state index is -1.09. The summed E-state index contributed by atoms with van der Waals surface area (Å²) in [6, 6.07) is 6.81. The molecule has 0 unspecified atom stereocenters. The van der Waals surface area contributed by atoms with Crippen molar-refractivity contribution in [2.24, 2.45) is 0 Å². The van der Waals surface area contributed by atoms with Gasteiger partial charge < -0.3 is 9.84 Å². The minimum absolute atomic E-state index is 0.0546. The quantitative estimate of drug-likeness (QED) is 0.917. The number of rotatable bonds is 3. The molecule has 0 saturated carbocycles. The molecule has 0 amide bonds. The van der Waals surface area contributed by atoms with Crippen LogP contribution >= 0.6 is 15.9 Å². The number of carboxylic acids is 1. The third-order valence-electron chi connectivity index (χ3n) is 2.29. The molecule has 0 fully saturated rings. The molecular weight excluding hydrogens is 322 g/mol. The molecule has 0 aliphatic rings. The number of hydrogen-bond acceptors (Lipinski definition) is 2. The first-order valence-electron chi connectivity index (χ1n) is 5.13. The van der Waals surface area contributed by atoms with Gasteiger partial charge in [-0.2, -0.15) is 0 Å². The van der Waals surface area contributed by atoms with Crippen LogP contribution in [0.4, 0.5) is 8.78 Å². The van der Waals surface area contributed by atoms with Crippen LogP contribution in [-0.2, 0) is 0 Å². The van der Waals surface area contributed by atoms with Crippen LogP contribution in [0.25, 0.3) is 0 Å². The van der Waals surface area contributed by atoms with Crippen molar-refractivity contribution in [3.63, 3.8) is 0 Å². The van der Waals surface area contributed by atoms with E-state index in [9.17, 15) is 13.6 Å². The van der Waals surface area contributed by atoms with Gasteiger partial charge in [0.15, 0.2) is 11.6 Å². The number of carboxylic acid groups (broad SMARTS) is 1. The fraction of sp³-hybridized carbons (Fsp3) is 0. The Labute approximate surface area is 115 Å². The molecule has 0 aliphatic heterocycles. The van der Waals surface area contributed by atoms with Crippen LogP contribution in [0.15, 0.2) is 40.9 Å². The molecule has 6 heteroatoms. The van der Waals surface area contributed by atoms with Gasteiger partial charge >= 0.3 is 5.97 Å². The predicted molar refractivity (Wildman–Crippen MR) is 67.5 cm³/mol. The number of ether oxygens (including phenoxy) is 1. The van der Waals surface area contributed by atoms with Gasteiger partial charge in [0.2, 0.25) is 0 Å². The van der Waals surface area contributed by atoms with Crippen molar-refractivity contribution < 1.29 is 23.4 Å². The molecular formula is C13H7BrF2O3. The number of halogens is 3. The van der Waals surface area contributed by atoms with E-state index in [2.05, 4.69) is 15.9 Å². The van der Waals surface area contributed by atoms with Gasteiger partial charge in [-0.05, 0) is 46.3 Å². The molecule has 0 atom stereocenters. The topological polar surface area (TPSA) is 46.5 Å². The number of hydrogen-bond donors (Lipinski definition) is 1. The molecule has 0 spiro atoms. The van der Waals surface area contributed by atoms with Gasteiger partial charge in [0.25, 0.3) is 0 Å². The molecule has 0 radical (unpaired) electrons. The van der Waals surface area contributed by atoms with Crippen LogP contribution in [0.2, 0.25) is 0 Å². The molecule has 3 nitrogen and oxygen atoms in total. The minimum Gasteiger partial charge on any atom is -0.478 e. The summed E-state index contributed by atoms with van der Waals surface area (Å²) in [6.07, 6.45) is 0. The second-order valence-corrected chi connectivity index (χ2v) is 4.48. The average Bonchev–Trinajstić information content (AvgIpc) is 2.36. The average molecular weight is 329 g/mol. The van der Waals surface area contributed by atoms with Crippen LogP contribution in [0.5, 0.6) is 11.5 Å². The maximum absolute atomic E-state index is 13.4. The molecule has 0 heterocycles. The summed E-state index contributed by atoms with van der Waals surface area (Å²) in [5.74, 6) is -2.52. The van der Waals surface area contributed by atoms with E-state index in [-0.39, 0.29) is 17.1 Å². The van der Waals surface area contributed by atoms with Gasteiger partial charge in [-0.25, -0.2) is 13.6 Å². The Morgan fingerprint density at radius 1 is 1.11 bits per heavy atom. The molecule has 0 aliphatic carbocycles. The molecule has 19 heavy (non-hydrogen) atoms. The summed E-state index contributed by atoms with van der Waals surface area (Å²) in [6.45, 7) is 0. The lowest BCUT2D eigenvalue weighted by molar-refractivity contribution is 0.0697. The van der Waals surface area contributed by atoms with Crippen molar-refractivity contribution in [3.05, 3.63) is 58.1 Å². The predicted octanol–water partition coefficient (Wildman–Crippen LogP) is 4.22. The lowest BCUT2D eigenvalue weighted by Crippen LogP contribution is -1.97. The van der Waals surface area contributed by atoms with Crippen molar-refractivity contribution >= 4 is 21.9 Å². The summed E-state index contributed by atoms with van der Waals surface area (Å²) in [7, 11) is 0. The monoisotopic (exact) mass is 328 g/mol. The Hall–Kier alpha value is -1.95. The highest BCUT2D eigenvalue weighted by Gasteiger charge is 2.11. The first-order valence-corrected chi connectivity index (χ1v) is 5.92. The van der Waals surface area contributed by atoms with Gasteiger partial charge in [0.05, 0.1) is 10.0 Å². The van der Waals surface area contributed by atoms with Crippen molar-refractivity contribution in [1.29, 1.82) is 0 Å². The molecule has 1 N–H and O–H groups in total. The molecule has 2 aromatic rings. The van der Waals surface area contributed by atoms with E-state index in [0.717, 1.165) is 18.2 Å². The van der Waals surface area contributed by atoms with Gasteiger partial charge in [0, 0.05) is 6.07 Å². The molecule has 2 aromatic carbocycles. The molecule has 0 aromatic heterocycles. The zero-order chi connectivity index (χ0) is 14.0. The fourth-order valence-electron chi connectivity index (χ4n) is 1.39. The lowest BCUT2D eigenvalue weighted by Gasteiger charge is -2.09. The van der Waals surface area contributed by atoms with Crippen LogP contribution < -0.4 is 4.74 Å². The Balaban J connectivity index is 2.33. The van der Waals surface area contributed by atoms with Gasteiger partial charge in [-0.15, -0.1) is 0 Å². The number of carbonyl (C=O) groups is 1. The zero-order valence-corrected chi connectivity index (χ0v) is 10.9. The number of benzene rings is 2. The third-order valence-corrected chi connectivity index (χ3v) is 2.91. The summed E-state index contributed by atoms with van der Waals surface area (Å²) < 4.78 is 31.9. The standard InChI is InChI=1S/C13H7BrF2O3/c14-9-5-7(13(17)18)1-4-11(9)19-12-6-8(15)2-3-10(12)16/h1-6H,(H,17,18). The molecule has 98 valence electrons. The maximum Gasteiger partial charge on any atom is 0.335 e. The van der Waals surface area contributed by atoms with E-state index >= 15 is 0 Å². The molecule has 2 rings (SSSR count). The Kier molecular flexibility index (Phi) is 3.80. The smallest absolute Gasteiger partial charge is 0.335 e. The van der Waals surface area contributed by atoms with Crippen molar-refractivity contribution in [1.82, 2.24) is 0 Å². The van der Waals surface area contributed by atoms with Gasteiger partial charge in [-0.3, -0.25) is 0 Å². The van der Waals surface area contributed by atoms with Crippen LogP contribution in [-0.4, -0.2) is 11.1 Å². The second-order valence-electron chi connectivity index (χ2n) is 3.63. The first-order chi connectivity index (χ1) is 8.97. The van der Waals surface area contributed by atoms with Crippen molar-refractivity contribution in [3.8, 4) is 11.5 Å². The van der Waals surface area contributed by atoms with E-state index in [1.165, 1.54) is 18.2 Å².